The van der Waals surface area contributed by atoms with Crippen LogP contribution in [0.15, 0.2) is 0 Å². The van der Waals surface area contributed by atoms with Crippen molar-refractivity contribution in [2.24, 2.45) is 0 Å². The summed E-state index contributed by atoms with van der Waals surface area (Å²) in [6, 6.07) is 0.210. The van der Waals surface area contributed by atoms with Gasteiger partial charge in [0.1, 0.15) is 0 Å². The molecular formula is C13H24ClN3O2S. The molecule has 2 aliphatic rings. The Bertz CT molecular complexity index is 357. The highest BCUT2D eigenvalue weighted by molar-refractivity contribution is 7.99. The molecule has 0 aromatic carbocycles. The first-order valence-electron chi connectivity index (χ1n) is 6.95. The predicted octanol–water partition coefficient (Wildman–Crippen LogP) is 0.583. The normalized spacial score (nSPS) is 25.1. The van der Waals surface area contributed by atoms with Crippen molar-refractivity contribution in [3.63, 3.8) is 0 Å². The van der Waals surface area contributed by atoms with E-state index < -0.39 is 0 Å². The zero-order valence-corrected chi connectivity index (χ0v) is 13.8. The Labute approximate surface area is 131 Å². The molecule has 0 aromatic heterocycles. The van der Waals surface area contributed by atoms with Gasteiger partial charge in [-0.25, -0.2) is 0 Å². The molecule has 2 saturated heterocycles. The van der Waals surface area contributed by atoms with E-state index in [2.05, 4.69) is 5.32 Å². The summed E-state index contributed by atoms with van der Waals surface area (Å²) in [7, 11) is 0. The summed E-state index contributed by atoms with van der Waals surface area (Å²) in [6.07, 6.45) is 3.97. The van der Waals surface area contributed by atoms with Crippen molar-refractivity contribution in [1.82, 2.24) is 15.1 Å². The molecule has 20 heavy (non-hydrogen) atoms. The Hall–Kier alpha value is -0.460. The first kappa shape index (κ1) is 17.6. The third-order valence-corrected chi connectivity index (χ3v) is 4.89. The SMILES string of the molecule is CSC(C)C(=O)N1CCCC(N2CCNCC2=O)C1.Cl. The quantitative estimate of drug-likeness (QED) is 0.826. The Morgan fingerprint density at radius 2 is 2.20 bits per heavy atom. The average molecular weight is 322 g/mol. The third kappa shape index (κ3) is 4.02. The zero-order valence-electron chi connectivity index (χ0n) is 12.1. The van der Waals surface area contributed by atoms with Gasteiger partial charge in [0.25, 0.3) is 0 Å². The fourth-order valence-corrected chi connectivity index (χ4v) is 3.13. The molecule has 116 valence electrons. The summed E-state index contributed by atoms with van der Waals surface area (Å²) in [6.45, 7) is 5.55. The van der Waals surface area contributed by atoms with Gasteiger partial charge in [0.05, 0.1) is 11.8 Å². The number of amides is 2. The fraction of sp³-hybridized carbons (Fsp3) is 0.846. The zero-order chi connectivity index (χ0) is 13.8. The van der Waals surface area contributed by atoms with Crippen molar-refractivity contribution in [3.8, 4) is 0 Å². The minimum atomic E-state index is 0. The smallest absolute Gasteiger partial charge is 0.236 e. The number of nitrogens with zero attached hydrogens (tertiary/aromatic N) is 2. The lowest BCUT2D eigenvalue weighted by atomic mass is 10.0. The van der Waals surface area contributed by atoms with Crippen molar-refractivity contribution < 1.29 is 9.59 Å². The first-order chi connectivity index (χ1) is 9.13. The first-order valence-corrected chi connectivity index (χ1v) is 8.24. The van der Waals surface area contributed by atoms with Crippen LogP contribution in [0.1, 0.15) is 19.8 Å². The maximum Gasteiger partial charge on any atom is 0.236 e. The largest absolute Gasteiger partial charge is 0.340 e. The van der Waals surface area contributed by atoms with Crippen LogP contribution >= 0.6 is 24.2 Å². The number of hydrogen-bond acceptors (Lipinski definition) is 4. The number of carbonyl (C=O) groups is 2. The molecule has 2 amide bonds. The number of thioether (sulfide) groups is 1. The summed E-state index contributed by atoms with van der Waals surface area (Å²) in [5.41, 5.74) is 0. The monoisotopic (exact) mass is 321 g/mol. The fourth-order valence-electron chi connectivity index (χ4n) is 2.77. The van der Waals surface area contributed by atoms with Gasteiger partial charge in [-0.2, -0.15) is 11.8 Å². The van der Waals surface area contributed by atoms with Crippen LogP contribution in [-0.2, 0) is 9.59 Å². The second-order valence-corrected chi connectivity index (χ2v) is 6.40. The number of halogens is 1. The molecule has 2 fully saturated rings. The van der Waals surface area contributed by atoms with Crippen LogP contribution in [0.25, 0.3) is 0 Å². The summed E-state index contributed by atoms with van der Waals surface area (Å²) in [4.78, 5) is 28.0. The molecule has 0 aliphatic carbocycles. The van der Waals surface area contributed by atoms with E-state index in [1.54, 1.807) is 11.8 Å². The maximum absolute atomic E-state index is 12.2. The molecule has 2 heterocycles. The lowest BCUT2D eigenvalue weighted by Crippen LogP contribution is -2.58. The van der Waals surface area contributed by atoms with Gasteiger partial charge in [0, 0.05) is 32.2 Å². The highest BCUT2D eigenvalue weighted by atomic mass is 35.5. The second kappa shape index (κ2) is 8.10. The van der Waals surface area contributed by atoms with Crippen molar-refractivity contribution in [2.75, 3.05) is 39.0 Å². The molecular weight excluding hydrogens is 298 g/mol. The number of piperazine rings is 1. The van der Waals surface area contributed by atoms with Gasteiger partial charge >= 0.3 is 0 Å². The Morgan fingerprint density at radius 1 is 1.45 bits per heavy atom. The van der Waals surface area contributed by atoms with Crippen LogP contribution < -0.4 is 5.32 Å². The molecule has 2 atom stereocenters. The molecule has 2 rings (SSSR count). The van der Waals surface area contributed by atoms with Crippen molar-refractivity contribution >= 4 is 36.0 Å². The van der Waals surface area contributed by atoms with Crippen LogP contribution in [0.2, 0.25) is 0 Å². The Morgan fingerprint density at radius 3 is 2.85 bits per heavy atom. The molecule has 0 aromatic rings. The summed E-state index contributed by atoms with van der Waals surface area (Å²) < 4.78 is 0. The van der Waals surface area contributed by atoms with Gasteiger partial charge in [-0.15, -0.1) is 12.4 Å². The van der Waals surface area contributed by atoms with Gasteiger partial charge in [0.15, 0.2) is 0 Å². The number of carbonyl (C=O) groups excluding carboxylic acids is 2. The third-order valence-electron chi connectivity index (χ3n) is 3.98. The lowest BCUT2D eigenvalue weighted by molar-refractivity contribution is -0.140. The second-order valence-electron chi connectivity index (χ2n) is 5.22. The van der Waals surface area contributed by atoms with Crippen molar-refractivity contribution in [3.05, 3.63) is 0 Å². The number of likely N-dealkylation sites (tertiary alicyclic amines) is 1. The summed E-state index contributed by atoms with van der Waals surface area (Å²) >= 11 is 1.58. The van der Waals surface area contributed by atoms with E-state index in [0.29, 0.717) is 13.1 Å². The van der Waals surface area contributed by atoms with Gasteiger partial charge in [-0.3, -0.25) is 9.59 Å². The van der Waals surface area contributed by atoms with E-state index in [0.717, 1.165) is 32.5 Å². The van der Waals surface area contributed by atoms with E-state index >= 15 is 0 Å². The molecule has 0 bridgehead atoms. The molecule has 0 spiro atoms. The number of piperidine rings is 1. The van der Waals surface area contributed by atoms with Crippen LogP contribution in [0.4, 0.5) is 0 Å². The molecule has 0 radical (unpaired) electrons. The Kier molecular flexibility index (Phi) is 7.12. The molecule has 0 saturated carbocycles. The molecule has 5 nitrogen and oxygen atoms in total. The number of hydrogen-bond donors (Lipinski definition) is 1. The van der Waals surface area contributed by atoms with E-state index in [1.165, 1.54) is 0 Å². The molecule has 2 aliphatic heterocycles. The van der Waals surface area contributed by atoms with Crippen LogP contribution in [0.5, 0.6) is 0 Å². The van der Waals surface area contributed by atoms with Crippen molar-refractivity contribution in [2.45, 2.75) is 31.1 Å². The van der Waals surface area contributed by atoms with E-state index in [-0.39, 0.29) is 35.5 Å². The van der Waals surface area contributed by atoms with Crippen LogP contribution in [0.3, 0.4) is 0 Å². The standard InChI is InChI=1S/C13H23N3O2S.ClH/c1-10(19-2)13(18)15-6-3-4-11(9-15)16-7-5-14-8-12(16)17;/h10-11,14H,3-9H2,1-2H3;1H. The molecule has 2 unspecified atom stereocenters. The highest BCUT2D eigenvalue weighted by Crippen LogP contribution is 2.19. The molecule has 7 heteroatoms. The van der Waals surface area contributed by atoms with Crippen molar-refractivity contribution in [1.29, 1.82) is 0 Å². The topological polar surface area (TPSA) is 52.7 Å². The number of nitrogens with one attached hydrogen (secondary N) is 1. The minimum Gasteiger partial charge on any atom is -0.340 e. The van der Waals surface area contributed by atoms with Gasteiger partial charge in [-0.05, 0) is 26.0 Å². The summed E-state index contributed by atoms with van der Waals surface area (Å²) in [5, 5.41) is 3.10. The number of rotatable bonds is 3. The van der Waals surface area contributed by atoms with Crippen LogP contribution in [0, 0.1) is 0 Å². The van der Waals surface area contributed by atoms with Gasteiger partial charge in [0.2, 0.25) is 11.8 Å². The minimum absolute atomic E-state index is 0. The maximum atomic E-state index is 12.2. The average Bonchev–Trinajstić information content (AvgIpc) is 2.46. The molecule has 1 N–H and O–H groups in total. The van der Waals surface area contributed by atoms with Gasteiger partial charge < -0.3 is 15.1 Å². The Balaban J connectivity index is 0.00000200. The summed E-state index contributed by atoms with van der Waals surface area (Å²) in [5.74, 6) is 0.378. The van der Waals surface area contributed by atoms with Crippen LogP contribution in [-0.4, -0.2) is 71.9 Å². The highest BCUT2D eigenvalue weighted by Gasteiger charge is 2.32. The predicted molar refractivity (Wildman–Crippen MR) is 84.4 cm³/mol. The van der Waals surface area contributed by atoms with E-state index in [9.17, 15) is 9.59 Å². The lowest BCUT2D eigenvalue weighted by Gasteiger charge is -2.41. The van der Waals surface area contributed by atoms with E-state index in [1.807, 2.05) is 23.0 Å². The van der Waals surface area contributed by atoms with Gasteiger partial charge in [-0.1, -0.05) is 0 Å². The van der Waals surface area contributed by atoms with E-state index in [4.69, 9.17) is 0 Å².